The number of aryl methyl sites for hydroxylation is 2. The van der Waals surface area contributed by atoms with Crippen molar-refractivity contribution in [1.82, 2.24) is 10.1 Å². The van der Waals surface area contributed by atoms with Crippen LogP contribution in [-0.2, 0) is 13.0 Å². The van der Waals surface area contributed by atoms with Gasteiger partial charge in [-0.2, -0.15) is 4.98 Å². The Morgan fingerprint density at radius 2 is 2.04 bits per heavy atom. The van der Waals surface area contributed by atoms with Crippen molar-refractivity contribution in [2.45, 2.75) is 26.4 Å². The molecular formula is C20H17F2N3O3. The fourth-order valence-corrected chi connectivity index (χ4v) is 3.25. The molecule has 2 heterocycles. The molecular weight excluding hydrogens is 368 g/mol. The number of carbonyl (C=O) groups excluding carboxylic acids is 1. The first-order valence-corrected chi connectivity index (χ1v) is 8.83. The zero-order chi connectivity index (χ0) is 19.7. The van der Waals surface area contributed by atoms with Crippen LogP contribution in [0.5, 0.6) is 5.75 Å². The van der Waals surface area contributed by atoms with E-state index in [0.29, 0.717) is 48.0 Å². The van der Waals surface area contributed by atoms with E-state index in [-0.39, 0.29) is 18.2 Å². The van der Waals surface area contributed by atoms with Gasteiger partial charge in [-0.05, 0) is 48.7 Å². The van der Waals surface area contributed by atoms with Crippen molar-refractivity contribution in [1.29, 1.82) is 0 Å². The number of fused-ring (bicyclic) bond motifs is 1. The Morgan fingerprint density at radius 1 is 1.25 bits per heavy atom. The number of hydrogen-bond acceptors (Lipinski definition) is 5. The minimum absolute atomic E-state index is 0.140. The summed E-state index contributed by atoms with van der Waals surface area (Å²) in [4.78, 5) is 18.3. The van der Waals surface area contributed by atoms with Crippen molar-refractivity contribution in [3.8, 4) is 5.75 Å². The molecule has 0 bridgehead atoms. The zero-order valence-corrected chi connectivity index (χ0v) is 15.1. The van der Waals surface area contributed by atoms with Gasteiger partial charge >= 0.3 is 0 Å². The van der Waals surface area contributed by atoms with Crippen LogP contribution in [0.3, 0.4) is 0 Å². The molecule has 0 unspecified atom stereocenters. The molecule has 1 aromatic heterocycles. The maximum absolute atomic E-state index is 14.3. The first kappa shape index (κ1) is 18.1. The summed E-state index contributed by atoms with van der Waals surface area (Å²) in [6.07, 6.45) is 1.18. The van der Waals surface area contributed by atoms with Gasteiger partial charge in [-0.1, -0.05) is 5.16 Å². The number of rotatable bonds is 4. The van der Waals surface area contributed by atoms with Crippen LogP contribution in [0.15, 0.2) is 40.9 Å². The van der Waals surface area contributed by atoms with Gasteiger partial charge in [-0.25, -0.2) is 8.78 Å². The summed E-state index contributed by atoms with van der Waals surface area (Å²) in [5.41, 5.74) is 1.05. The van der Waals surface area contributed by atoms with E-state index in [4.69, 9.17) is 9.26 Å². The molecule has 3 aromatic rings. The lowest BCUT2D eigenvalue weighted by molar-refractivity contribution is 0.0984. The Morgan fingerprint density at radius 3 is 2.75 bits per heavy atom. The van der Waals surface area contributed by atoms with Gasteiger partial charge in [0, 0.05) is 25.1 Å². The maximum atomic E-state index is 14.3. The SMILES string of the molecule is Cc1nc(COc2ccc(C(=O)N3CCCc4cc(F)cc(F)c43)cc2)no1. The maximum Gasteiger partial charge on any atom is 0.258 e. The van der Waals surface area contributed by atoms with Gasteiger partial charge in [0.1, 0.15) is 17.4 Å². The molecule has 0 radical (unpaired) electrons. The zero-order valence-electron chi connectivity index (χ0n) is 15.1. The smallest absolute Gasteiger partial charge is 0.258 e. The second-order valence-electron chi connectivity index (χ2n) is 6.50. The van der Waals surface area contributed by atoms with Crippen molar-refractivity contribution < 1.29 is 22.8 Å². The van der Waals surface area contributed by atoms with Crippen molar-refractivity contribution in [3.63, 3.8) is 0 Å². The van der Waals surface area contributed by atoms with Crippen LogP contribution in [0.25, 0.3) is 0 Å². The highest BCUT2D eigenvalue weighted by atomic mass is 19.1. The molecule has 1 aliphatic rings. The number of anilines is 1. The van der Waals surface area contributed by atoms with Crippen LogP contribution in [0.2, 0.25) is 0 Å². The molecule has 2 aromatic carbocycles. The number of aromatic nitrogens is 2. The van der Waals surface area contributed by atoms with Gasteiger partial charge in [0.15, 0.2) is 6.61 Å². The Labute approximate surface area is 159 Å². The first-order chi connectivity index (χ1) is 13.5. The largest absolute Gasteiger partial charge is 0.485 e. The van der Waals surface area contributed by atoms with Crippen LogP contribution in [-0.4, -0.2) is 22.6 Å². The average molecular weight is 385 g/mol. The van der Waals surface area contributed by atoms with E-state index in [1.807, 2.05) is 0 Å². The van der Waals surface area contributed by atoms with Crippen molar-refractivity contribution in [2.75, 3.05) is 11.4 Å². The highest BCUT2D eigenvalue weighted by molar-refractivity contribution is 6.06. The summed E-state index contributed by atoms with van der Waals surface area (Å²) < 4.78 is 38.2. The third-order valence-corrected chi connectivity index (χ3v) is 4.49. The Bertz CT molecular complexity index is 1020. The molecule has 0 aliphatic carbocycles. The topological polar surface area (TPSA) is 68.5 Å². The molecule has 0 spiro atoms. The predicted octanol–water partition coefficient (Wildman–Crippen LogP) is 3.83. The monoisotopic (exact) mass is 385 g/mol. The number of carbonyl (C=O) groups is 1. The lowest BCUT2D eigenvalue weighted by Gasteiger charge is -2.30. The lowest BCUT2D eigenvalue weighted by Crippen LogP contribution is -2.36. The molecule has 8 heteroatoms. The molecule has 144 valence electrons. The minimum atomic E-state index is -0.724. The van der Waals surface area contributed by atoms with E-state index in [2.05, 4.69) is 10.1 Å². The number of halogens is 2. The minimum Gasteiger partial charge on any atom is -0.485 e. The number of hydrogen-bond donors (Lipinski definition) is 0. The van der Waals surface area contributed by atoms with Crippen LogP contribution in [0.4, 0.5) is 14.5 Å². The Balaban J connectivity index is 1.50. The van der Waals surface area contributed by atoms with Crippen LogP contribution >= 0.6 is 0 Å². The van der Waals surface area contributed by atoms with Crippen LogP contribution in [0.1, 0.15) is 34.1 Å². The van der Waals surface area contributed by atoms with Crippen molar-refractivity contribution >= 4 is 11.6 Å². The first-order valence-electron chi connectivity index (χ1n) is 8.83. The molecule has 0 saturated carbocycles. The second-order valence-corrected chi connectivity index (χ2v) is 6.50. The third kappa shape index (κ3) is 3.58. The lowest BCUT2D eigenvalue weighted by atomic mass is 10.00. The number of ether oxygens (including phenoxy) is 1. The third-order valence-electron chi connectivity index (χ3n) is 4.49. The molecule has 1 aliphatic heterocycles. The molecule has 1 amide bonds. The molecule has 0 fully saturated rings. The highest BCUT2D eigenvalue weighted by Gasteiger charge is 2.27. The molecule has 0 N–H and O–H groups in total. The highest BCUT2D eigenvalue weighted by Crippen LogP contribution is 2.32. The van der Waals surface area contributed by atoms with Crippen LogP contribution < -0.4 is 9.64 Å². The van der Waals surface area contributed by atoms with Gasteiger partial charge in [0.25, 0.3) is 5.91 Å². The molecule has 0 atom stereocenters. The number of benzene rings is 2. The van der Waals surface area contributed by atoms with E-state index in [1.54, 1.807) is 31.2 Å². The van der Waals surface area contributed by atoms with Gasteiger partial charge in [0.05, 0.1) is 5.69 Å². The van der Waals surface area contributed by atoms with Crippen molar-refractivity contribution in [2.24, 2.45) is 0 Å². The fourth-order valence-electron chi connectivity index (χ4n) is 3.25. The summed E-state index contributed by atoms with van der Waals surface area (Å²) in [5.74, 6) is -0.292. The Kier molecular flexibility index (Phi) is 4.77. The Hall–Kier alpha value is -3.29. The number of nitrogens with zero attached hydrogens (tertiary/aromatic N) is 3. The second kappa shape index (κ2) is 7.38. The van der Waals surface area contributed by atoms with E-state index < -0.39 is 11.6 Å². The summed E-state index contributed by atoms with van der Waals surface area (Å²) in [6.45, 7) is 2.21. The standard InChI is InChI=1S/C20H17F2N3O3/c1-12-23-18(24-28-12)11-27-16-6-4-13(5-7-16)20(26)25-8-2-3-14-9-15(21)10-17(22)19(14)25/h4-7,9-10H,2-3,8,11H2,1H3. The average Bonchev–Trinajstić information content (AvgIpc) is 3.11. The molecule has 6 nitrogen and oxygen atoms in total. The summed E-state index contributed by atoms with van der Waals surface area (Å²) >= 11 is 0. The van der Waals surface area contributed by atoms with Crippen LogP contribution in [0, 0.1) is 18.6 Å². The summed E-state index contributed by atoms with van der Waals surface area (Å²) in [5, 5.41) is 3.74. The van der Waals surface area contributed by atoms with Crippen molar-refractivity contribution in [3.05, 3.63) is 70.9 Å². The van der Waals surface area contributed by atoms with E-state index in [0.717, 1.165) is 6.07 Å². The summed E-state index contributed by atoms with van der Waals surface area (Å²) in [6, 6.07) is 8.59. The van der Waals surface area contributed by atoms with Gasteiger partial charge in [0.2, 0.25) is 11.7 Å². The molecule has 28 heavy (non-hydrogen) atoms. The summed E-state index contributed by atoms with van der Waals surface area (Å²) in [7, 11) is 0. The quantitative estimate of drug-likeness (QED) is 0.683. The normalized spacial score (nSPS) is 13.3. The van der Waals surface area contributed by atoms with Gasteiger partial charge in [-0.15, -0.1) is 0 Å². The predicted molar refractivity (Wildman–Crippen MR) is 96.2 cm³/mol. The van der Waals surface area contributed by atoms with Gasteiger partial charge in [-0.3, -0.25) is 4.79 Å². The molecule has 4 rings (SSSR count). The van der Waals surface area contributed by atoms with Gasteiger partial charge < -0.3 is 14.2 Å². The fraction of sp³-hybridized carbons (Fsp3) is 0.250. The van der Waals surface area contributed by atoms with E-state index in [9.17, 15) is 13.6 Å². The van der Waals surface area contributed by atoms with E-state index in [1.165, 1.54) is 11.0 Å². The number of amides is 1. The molecule has 0 saturated heterocycles. The van der Waals surface area contributed by atoms with E-state index >= 15 is 0 Å².